The van der Waals surface area contributed by atoms with Crippen molar-refractivity contribution in [2.75, 3.05) is 0 Å². The highest BCUT2D eigenvalue weighted by molar-refractivity contribution is 6.31. The molecule has 0 spiro atoms. The van der Waals surface area contributed by atoms with Crippen molar-refractivity contribution in [2.45, 2.75) is 0 Å². The second kappa shape index (κ2) is 4.33. The molecule has 0 aromatic heterocycles. The molecule has 0 bridgehead atoms. The van der Waals surface area contributed by atoms with Gasteiger partial charge in [0.15, 0.2) is 0 Å². The maximum atomic E-state index is 5.70. The summed E-state index contributed by atoms with van der Waals surface area (Å²) in [5, 5.41) is 3.01. The summed E-state index contributed by atoms with van der Waals surface area (Å²) in [6.07, 6.45) is 3.79. The van der Waals surface area contributed by atoms with Crippen LogP contribution in [-0.2, 0) is 0 Å². The van der Waals surface area contributed by atoms with E-state index in [0.29, 0.717) is 5.03 Å². The Morgan fingerprint density at radius 1 is 1.07 bits per heavy atom. The Balaban J connectivity index is 2.56. The zero-order valence-electron chi connectivity index (χ0n) is 8.28. The minimum Gasteiger partial charge on any atom is -0.0850 e. The van der Waals surface area contributed by atoms with E-state index in [1.54, 1.807) is 0 Å². The van der Waals surface area contributed by atoms with Crippen LogP contribution in [0.3, 0.4) is 0 Å². The monoisotopic (exact) mass is 214 g/mol. The number of fused-ring (bicyclic) bond motifs is 1. The highest BCUT2D eigenvalue weighted by Crippen LogP contribution is 2.20. The third-order valence-corrected chi connectivity index (χ3v) is 2.39. The van der Waals surface area contributed by atoms with E-state index in [2.05, 4.69) is 30.8 Å². The van der Waals surface area contributed by atoms with Gasteiger partial charge in [-0.2, -0.15) is 0 Å². The standard InChI is InChI=1S/C14H11Cl/c1-11(15)9-10-13-7-4-6-12-5-2-3-8-14(12)13/h2-10H,1H2/b10-9+. The van der Waals surface area contributed by atoms with E-state index in [9.17, 15) is 0 Å². The second-order valence-corrected chi connectivity index (χ2v) is 3.83. The third-order valence-electron chi connectivity index (χ3n) is 2.27. The fraction of sp³-hybridized carbons (Fsp3) is 0. The van der Waals surface area contributed by atoms with Crippen LogP contribution in [0.25, 0.3) is 16.8 Å². The first kappa shape index (κ1) is 10.0. The van der Waals surface area contributed by atoms with Gasteiger partial charge in [-0.15, -0.1) is 0 Å². The second-order valence-electron chi connectivity index (χ2n) is 3.35. The van der Waals surface area contributed by atoms with Gasteiger partial charge in [0.2, 0.25) is 0 Å². The van der Waals surface area contributed by atoms with Crippen LogP contribution in [0.2, 0.25) is 0 Å². The van der Waals surface area contributed by atoms with E-state index < -0.39 is 0 Å². The molecule has 2 aromatic carbocycles. The molecule has 0 radical (unpaired) electrons. The van der Waals surface area contributed by atoms with Gasteiger partial charge in [0.25, 0.3) is 0 Å². The van der Waals surface area contributed by atoms with E-state index in [0.717, 1.165) is 5.56 Å². The van der Waals surface area contributed by atoms with Crippen LogP contribution in [-0.4, -0.2) is 0 Å². The number of hydrogen-bond donors (Lipinski definition) is 0. The molecule has 0 unspecified atom stereocenters. The van der Waals surface area contributed by atoms with Gasteiger partial charge in [0.1, 0.15) is 0 Å². The highest BCUT2D eigenvalue weighted by Gasteiger charge is 1.95. The first-order valence-electron chi connectivity index (χ1n) is 4.77. The van der Waals surface area contributed by atoms with Crippen molar-refractivity contribution >= 4 is 28.4 Å². The maximum Gasteiger partial charge on any atom is 0.0334 e. The topological polar surface area (TPSA) is 0 Å². The van der Waals surface area contributed by atoms with Gasteiger partial charge in [0, 0.05) is 5.03 Å². The van der Waals surface area contributed by atoms with Crippen LogP contribution in [0.5, 0.6) is 0 Å². The predicted octanol–water partition coefficient (Wildman–Crippen LogP) is 4.61. The molecule has 0 aliphatic rings. The fourth-order valence-electron chi connectivity index (χ4n) is 1.58. The van der Waals surface area contributed by atoms with Crippen LogP contribution in [0, 0.1) is 0 Å². The fourth-order valence-corrected chi connectivity index (χ4v) is 1.64. The number of hydrogen-bond acceptors (Lipinski definition) is 0. The summed E-state index contributed by atoms with van der Waals surface area (Å²) in [5.41, 5.74) is 1.16. The lowest BCUT2D eigenvalue weighted by Gasteiger charge is -2.01. The largest absolute Gasteiger partial charge is 0.0850 e. The molecule has 0 amide bonds. The Morgan fingerprint density at radius 3 is 2.60 bits per heavy atom. The Kier molecular flexibility index (Phi) is 2.89. The zero-order valence-corrected chi connectivity index (χ0v) is 9.04. The number of halogens is 1. The lowest BCUT2D eigenvalue weighted by Crippen LogP contribution is -1.77. The molecule has 0 atom stereocenters. The van der Waals surface area contributed by atoms with Crippen molar-refractivity contribution in [3.05, 3.63) is 65.7 Å². The maximum absolute atomic E-state index is 5.70. The summed E-state index contributed by atoms with van der Waals surface area (Å²) in [4.78, 5) is 0. The molecule has 0 heterocycles. The quantitative estimate of drug-likeness (QED) is 0.641. The van der Waals surface area contributed by atoms with E-state index in [1.807, 2.05) is 30.4 Å². The molecule has 0 nitrogen and oxygen atoms in total. The van der Waals surface area contributed by atoms with Gasteiger partial charge in [-0.05, 0) is 22.4 Å². The summed E-state index contributed by atoms with van der Waals surface area (Å²) in [7, 11) is 0. The number of allylic oxidation sites excluding steroid dienone is 2. The van der Waals surface area contributed by atoms with Gasteiger partial charge in [-0.3, -0.25) is 0 Å². The first-order valence-corrected chi connectivity index (χ1v) is 5.15. The predicted molar refractivity (Wildman–Crippen MR) is 68.0 cm³/mol. The van der Waals surface area contributed by atoms with Gasteiger partial charge in [-0.25, -0.2) is 0 Å². The van der Waals surface area contributed by atoms with Crippen LogP contribution in [0.4, 0.5) is 0 Å². The zero-order chi connectivity index (χ0) is 10.7. The minimum atomic E-state index is 0.544. The molecular weight excluding hydrogens is 204 g/mol. The summed E-state index contributed by atoms with van der Waals surface area (Å²) in [5.74, 6) is 0. The van der Waals surface area contributed by atoms with Crippen LogP contribution in [0.15, 0.2) is 60.2 Å². The van der Waals surface area contributed by atoms with Crippen molar-refractivity contribution < 1.29 is 0 Å². The van der Waals surface area contributed by atoms with Crippen molar-refractivity contribution in [3.63, 3.8) is 0 Å². The Bertz CT molecular complexity index is 518. The van der Waals surface area contributed by atoms with Crippen LogP contribution < -0.4 is 0 Å². The van der Waals surface area contributed by atoms with E-state index in [1.165, 1.54) is 10.8 Å². The van der Waals surface area contributed by atoms with Gasteiger partial charge in [0.05, 0.1) is 0 Å². The van der Waals surface area contributed by atoms with Crippen molar-refractivity contribution in [2.24, 2.45) is 0 Å². The number of benzene rings is 2. The molecule has 74 valence electrons. The Hall–Kier alpha value is -1.53. The summed E-state index contributed by atoms with van der Waals surface area (Å²) < 4.78 is 0. The van der Waals surface area contributed by atoms with Crippen molar-refractivity contribution in [3.8, 4) is 0 Å². The lowest BCUT2D eigenvalue weighted by molar-refractivity contribution is 1.71. The van der Waals surface area contributed by atoms with E-state index in [-0.39, 0.29) is 0 Å². The highest BCUT2D eigenvalue weighted by atomic mass is 35.5. The Labute approximate surface area is 94.5 Å². The summed E-state index contributed by atoms with van der Waals surface area (Å²) in [6.45, 7) is 3.63. The molecule has 0 N–H and O–H groups in total. The van der Waals surface area contributed by atoms with Gasteiger partial charge in [-0.1, -0.05) is 66.7 Å². The molecule has 0 fully saturated rings. The van der Waals surface area contributed by atoms with Crippen molar-refractivity contribution in [1.82, 2.24) is 0 Å². The smallest absolute Gasteiger partial charge is 0.0334 e. The minimum absolute atomic E-state index is 0.544. The summed E-state index contributed by atoms with van der Waals surface area (Å²) in [6, 6.07) is 14.5. The molecule has 2 rings (SSSR count). The summed E-state index contributed by atoms with van der Waals surface area (Å²) >= 11 is 5.70. The normalized spacial score (nSPS) is 11.0. The number of rotatable bonds is 2. The molecule has 0 aliphatic heterocycles. The first-order chi connectivity index (χ1) is 7.27. The molecule has 2 aromatic rings. The third kappa shape index (κ3) is 2.28. The average molecular weight is 215 g/mol. The van der Waals surface area contributed by atoms with Crippen LogP contribution in [0.1, 0.15) is 5.56 Å². The van der Waals surface area contributed by atoms with Crippen LogP contribution >= 0.6 is 11.6 Å². The molecule has 1 heteroatoms. The lowest BCUT2D eigenvalue weighted by atomic mass is 10.0. The van der Waals surface area contributed by atoms with E-state index >= 15 is 0 Å². The molecule has 15 heavy (non-hydrogen) atoms. The molecule has 0 saturated heterocycles. The SMILES string of the molecule is C=C(Cl)/C=C/c1cccc2ccccc12. The molecule has 0 aliphatic carbocycles. The molecular formula is C14H11Cl. The van der Waals surface area contributed by atoms with Crippen molar-refractivity contribution in [1.29, 1.82) is 0 Å². The van der Waals surface area contributed by atoms with Gasteiger partial charge < -0.3 is 0 Å². The van der Waals surface area contributed by atoms with Gasteiger partial charge >= 0.3 is 0 Å². The Morgan fingerprint density at radius 2 is 1.80 bits per heavy atom. The van der Waals surface area contributed by atoms with E-state index in [4.69, 9.17) is 11.6 Å². The molecule has 0 saturated carbocycles. The average Bonchev–Trinajstić information content (AvgIpc) is 2.26.